The van der Waals surface area contributed by atoms with Gasteiger partial charge in [0.2, 0.25) is 0 Å². The van der Waals surface area contributed by atoms with Gasteiger partial charge in [-0.25, -0.2) is 18.4 Å². The van der Waals surface area contributed by atoms with Crippen LogP contribution in [0.5, 0.6) is 0 Å². The van der Waals surface area contributed by atoms with Crippen LogP contribution in [0.1, 0.15) is 48.0 Å². The van der Waals surface area contributed by atoms with E-state index >= 15 is 0 Å². The Morgan fingerprint density at radius 3 is 2.67 bits per heavy atom. The Hall–Kier alpha value is -2.26. The van der Waals surface area contributed by atoms with E-state index in [0.717, 1.165) is 54.3 Å². The first-order valence-electron chi connectivity index (χ1n) is 10.4. The zero-order valence-corrected chi connectivity index (χ0v) is 18.5. The number of fused-ring (bicyclic) bond motifs is 1. The van der Waals surface area contributed by atoms with E-state index in [1.54, 1.807) is 11.3 Å². The third-order valence-electron chi connectivity index (χ3n) is 6.05. The molecule has 5 heterocycles. The maximum Gasteiger partial charge on any atom is 0.274 e. The molecule has 3 aromatic heterocycles. The Morgan fingerprint density at radius 1 is 1.20 bits per heavy atom. The van der Waals surface area contributed by atoms with Gasteiger partial charge in [-0.05, 0) is 50.1 Å². The Kier molecular flexibility index (Phi) is 4.89. The number of likely N-dealkylation sites (tertiary alicyclic amines) is 1. The van der Waals surface area contributed by atoms with Crippen molar-refractivity contribution in [1.82, 2.24) is 19.4 Å². The van der Waals surface area contributed by atoms with Crippen molar-refractivity contribution in [3.05, 3.63) is 35.1 Å². The van der Waals surface area contributed by atoms with Crippen LogP contribution in [0.4, 0.5) is 0 Å². The van der Waals surface area contributed by atoms with Gasteiger partial charge >= 0.3 is 0 Å². The van der Waals surface area contributed by atoms with Gasteiger partial charge in [0.25, 0.3) is 5.91 Å². The summed E-state index contributed by atoms with van der Waals surface area (Å²) >= 11 is 1.57. The van der Waals surface area contributed by atoms with E-state index in [1.165, 1.54) is 0 Å². The lowest BCUT2D eigenvalue weighted by molar-refractivity contribution is 0.0720. The van der Waals surface area contributed by atoms with Crippen molar-refractivity contribution in [1.29, 1.82) is 0 Å². The average molecular weight is 445 g/mol. The minimum atomic E-state index is -3.04. The van der Waals surface area contributed by atoms with Crippen LogP contribution in [0.3, 0.4) is 0 Å². The van der Waals surface area contributed by atoms with Crippen LogP contribution in [0, 0.1) is 6.92 Å². The number of thiophene rings is 1. The van der Waals surface area contributed by atoms with Crippen LogP contribution in [0.2, 0.25) is 0 Å². The molecule has 0 spiro atoms. The molecule has 9 heteroatoms. The molecule has 7 nitrogen and oxygen atoms in total. The van der Waals surface area contributed by atoms with Crippen LogP contribution in [0.15, 0.2) is 23.6 Å². The van der Waals surface area contributed by atoms with E-state index in [4.69, 9.17) is 9.97 Å². The molecule has 5 rings (SSSR count). The first-order valence-corrected chi connectivity index (χ1v) is 13.1. The zero-order chi connectivity index (χ0) is 20.9. The SMILES string of the molecule is Cc1nc2c(C(=O)N3CCCCC3)nc(-c3cccs3)cc2n1C1CCS(=O)(=O)C1. The number of rotatable bonds is 3. The second kappa shape index (κ2) is 7.46. The summed E-state index contributed by atoms with van der Waals surface area (Å²) in [5.41, 5.74) is 2.49. The van der Waals surface area contributed by atoms with Crippen molar-refractivity contribution in [3.8, 4) is 10.6 Å². The molecule has 1 unspecified atom stereocenters. The van der Waals surface area contributed by atoms with Gasteiger partial charge in [-0.2, -0.15) is 0 Å². The number of aromatic nitrogens is 3. The summed E-state index contributed by atoms with van der Waals surface area (Å²) in [6, 6.07) is 5.75. The number of aryl methyl sites for hydroxylation is 1. The standard InChI is InChI=1S/C21H24N4O3S2/c1-14-22-19-17(25(14)15-7-11-30(27,28)13-15)12-16(18-6-5-10-29-18)23-20(19)21(26)24-8-3-2-4-9-24/h5-6,10,12,15H,2-4,7-9,11,13H2,1H3. The monoisotopic (exact) mass is 444 g/mol. The van der Waals surface area contributed by atoms with Gasteiger partial charge in [-0.3, -0.25) is 4.79 Å². The fourth-order valence-electron chi connectivity index (χ4n) is 4.60. The first kappa shape index (κ1) is 19.7. The summed E-state index contributed by atoms with van der Waals surface area (Å²) in [5, 5.41) is 1.99. The molecule has 0 radical (unpaired) electrons. The van der Waals surface area contributed by atoms with Gasteiger partial charge in [0.15, 0.2) is 15.5 Å². The highest BCUT2D eigenvalue weighted by Crippen LogP contribution is 2.34. The smallest absolute Gasteiger partial charge is 0.274 e. The van der Waals surface area contributed by atoms with Crippen LogP contribution in [0.25, 0.3) is 21.6 Å². The predicted octanol–water partition coefficient (Wildman–Crippen LogP) is 3.45. The van der Waals surface area contributed by atoms with Crippen LogP contribution in [-0.4, -0.2) is 58.4 Å². The van der Waals surface area contributed by atoms with Gasteiger partial charge in [-0.1, -0.05) is 6.07 Å². The van der Waals surface area contributed by atoms with Crippen molar-refractivity contribution >= 4 is 38.1 Å². The normalized spacial score (nSPS) is 21.4. The van der Waals surface area contributed by atoms with Crippen molar-refractivity contribution < 1.29 is 13.2 Å². The Balaban J connectivity index is 1.69. The number of nitrogens with zero attached hydrogens (tertiary/aromatic N) is 4. The molecule has 0 aromatic carbocycles. The summed E-state index contributed by atoms with van der Waals surface area (Å²) in [6.45, 7) is 3.36. The maximum absolute atomic E-state index is 13.4. The molecular formula is C21H24N4O3S2. The molecule has 30 heavy (non-hydrogen) atoms. The lowest BCUT2D eigenvalue weighted by Gasteiger charge is -2.26. The molecule has 0 saturated carbocycles. The summed E-state index contributed by atoms with van der Waals surface area (Å²) in [4.78, 5) is 25.7. The summed E-state index contributed by atoms with van der Waals surface area (Å²) in [6.07, 6.45) is 3.73. The lowest BCUT2D eigenvalue weighted by Crippen LogP contribution is -2.36. The number of hydrogen-bond acceptors (Lipinski definition) is 6. The summed E-state index contributed by atoms with van der Waals surface area (Å²) in [5.74, 6) is 0.955. The van der Waals surface area contributed by atoms with Crippen LogP contribution < -0.4 is 0 Å². The second-order valence-electron chi connectivity index (χ2n) is 8.14. The minimum Gasteiger partial charge on any atom is -0.337 e. The molecule has 2 aliphatic heterocycles. The van der Waals surface area contributed by atoms with E-state index < -0.39 is 9.84 Å². The largest absolute Gasteiger partial charge is 0.337 e. The maximum atomic E-state index is 13.4. The minimum absolute atomic E-state index is 0.0817. The number of pyridine rings is 1. The van der Waals surface area contributed by atoms with Crippen molar-refractivity contribution in [2.45, 2.75) is 38.6 Å². The highest BCUT2D eigenvalue weighted by Gasteiger charge is 2.33. The van der Waals surface area contributed by atoms with E-state index in [9.17, 15) is 13.2 Å². The number of carbonyl (C=O) groups excluding carboxylic acids is 1. The molecule has 0 bridgehead atoms. The topological polar surface area (TPSA) is 85.2 Å². The molecule has 0 aliphatic carbocycles. The molecule has 1 atom stereocenters. The number of hydrogen-bond donors (Lipinski definition) is 0. The molecule has 2 aliphatic rings. The summed E-state index contributed by atoms with van der Waals surface area (Å²) < 4.78 is 26.2. The van der Waals surface area contributed by atoms with Gasteiger partial charge in [0.1, 0.15) is 11.3 Å². The third kappa shape index (κ3) is 3.43. The highest BCUT2D eigenvalue weighted by molar-refractivity contribution is 7.91. The summed E-state index contributed by atoms with van der Waals surface area (Å²) in [7, 11) is -3.04. The molecule has 158 valence electrons. The molecule has 0 N–H and O–H groups in total. The van der Waals surface area contributed by atoms with Crippen molar-refractivity contribution in [3.63, 3.8) is 0 Å². The van der Waals surface area contributed by atoms with Crippen LogP contribution in [-0.2, 0) is 9.84 Å². The number of amides is 1. The van der Waals surface area contributed by atoms with Crippen LogP contribution >= 0.6 is 11.3 Å². The predicted molar refractivity (Wildman–Crippen MR) is 118 cm³/mol. The Bertz CT molecular complexity index is 1210. The number of imidazole rings is 1. The van der Waals surface area contributed by atoms with Gasteiger partial charge in [0.05, 0.1) is 33.6 Å². The van der Waals surface area contributed by atoms with E-state index in [-0.39, 0.29) is 23.5 Å². The van der Waals surface area contributed by atoms with Gasteiger partial charge in [-0.15, -0.1) is 11.3 Å². The van der Waals surface area contributed by atoms with E-state index in [1.807, 2.05) is 40.0 Å². The molecule has 3 aromatic rings. The average Bonchev–Trinajstić information content (AvgIpc) is 3.45. The quantitative estimate of drug-likeness (QED) is 0.618. The molecule has 1 amide bonds. The zero-order valence-electron chi connectivity index (χ0n) is 16.9. The lowest BCUT2D eigenvalue weighted by atomic mass is 10.1. The second-order valence-corrected chi connectivity index (χ2v) is 11.3. The molecule has 2 saturated heterocycles. The Morgan fingerprint density at radius 2 is 2.00 bits per heavy atom. The van der Waals surface area contributed by atoms with Gasteiger partial charge in [0, 0.05) is 13.1 Å². The fourth-order valence-corrected chi connectivity index (χ4v) is 6.98. The van der Waals surface area contributed by atoms with Crippen molar-refractivity contribution in [2.75, 3.05) is 24.6 Å². The van der Waals surface area contributed by atoms with E-state index in [0.29, 0.717) is 17.6 Å². The van der Waals surface area contributed by atoms with Gasteiger partial charge < -0.3 is 9.47 Å². The number of sulfone groups is 1. The highest BCUT2D eigenvalue weighted by atomic mass is 32.2. The first-order chi connectivity index (χ1) is 14.4. The molecular weight excluding hydrogens is 420 g/mol. The third-order valence-corrected chi connectivity index (χ3v) is 8.69. The fraction of sp³-hybridized carbons (Fsp3) is 0.476. The number of carbonyl (C=O) groups is 1. The van der Waals surface area contributed by atoms with Crippen molar-refractivity contribution in [2.24, 2.45) is 0 Å². The number of piperidine rings is 1. The molecule has 2 fully saturated rings. The Labute approximate surface area is 179 Å². The van der Waals surface area contributed by atoms with E-state index in [2.05, 4.69) is 0 Å².